The number of carbonyl (C=O) groups is 2. The van der Waals surface area contributed by atoms with E-state index < -0.39 is 74.8 Å². The molecule has 0 saturated heterocycles. The molecule has 10 unspecified atom stereocenters. The van der Waals surface area contributed by atoms with Crippen molar-refractivity contribution in [3.8, 4) is 0 Å². The minimum atomic E-state index is -1.02. The van der Waals surface area contributed by atoms with Gasteiger partial charge in [-0.2, -0.15) is 0 Å². The molecule has 0 aliphatic carbocycles. The van der Waals surface area contributed by atoms with Gasteiger partial charge in [0.05, 0.1) is 11.1 Å². The first-order valence-electron chi connectivity index (χ1n) is 17.6. The number of esters is 2. The first-order valence-corrected chi connectivity index (χ1v) is 17.6. The Labute approximate surface area is 298 Å². The second kappa shape index (κ2) is 25.7. The Morgan fingerprint density at radius 3 is 0.980 bits per heavy atom. The molecule has 1 rings (SSSR count). The normalized spacial score (nSPS) is 17.8. The molecule has 0 saturated carbocycles. The third kappa shape index (κ3) is 20.6. The van der Waals surface area contributed by atoms with Gasteiger partial charge >= 0.3 is 11.9 Å². The first kappa shape index (κ1) is 45.8. The van der Waals surface area contributed by atoms with E-state index in [-0.39, 0.29) is 11.1 Å². The molecule has 0 N–H and O–H groups in total. The molecule has 0 aromatic heterocycles. The fraction of sp³-hybridized carbons (Fsp3) is 0.778. The molecular weight excluding hydrogens is 656 g/mol. The Balaban J connectivity index is 2.55. The predicted molar refractivity (Wildman–Crippen MR) is 182 cm³/mol. The van der Waals surface area contributed by atoms with Crippen LogP contribution in [0.3, 0.4) is 0 Å². The summed E-state index contributed by atoms with van der Waals surface area (Å²) in [6.07, 6.45) is -3.16. The highest BCUT2D eigenvalue weighted by atomic mass is 16.8. The lowest BCUT2D eigenvalue weighted by molar-refractivity contribution is -0.319. The Morgan fingerprint density at radius 2 is 0.700 bits per heavy atom. The van der Waals surface area contributed by atoms with E-state index in [9.17, 15) is 9.59 Å². The minimum absolute atomic E-state index is 0.0140. The Hall–Kier alpha value is -2.24. The maximum Gasteiger partial charge on any atom is 0.341 e. The van der Waals surface area contributed by atoms with Crippen LogP contribution >= 0.6 is 0 Å². The molecule has 10 atom stereocenters. The van der Waals surface area contributed by atoms with Gasteiger partial charge in [-0.1, -0.05) is 38.8 Å². The summed E-state index contributed by atoms with van der Waals surface area (Å²) in [5.74, 6) is -1.59. The van der Waals surface area contributed by atoms with Gasteiger partial charge in [-0.15, -0.1) is 0 Å². The Morgan fingerprint density at radius 1 is 0.440 bits per heavy atom. The predicted octanol–water partition coefficient (Wildman–Crippen LogP) is 7.23. The number of rotatable bonds is 28. The Bertz CT molecular complexity index is 976. The van der Waals surface area contributed by atoms with Crippen LogP contribution < -0.4 is 0 Å². The molecule has 0 amide bonds. The van der Waals surface area contributed by atoms with E-state index in [0.29, 0.717) is 13.2 Å². The van der Waals surface area contributed by atoms with Crippen molar-refractivity contribution in [2.45, 2.75) is 172 Å². The lowest BCUT2D eigenvalue weighted by Gasteiger charge is -2.26. The summed E-state index contributed by atoms with van der Waals surface area (Å²) < 4.78 is 67.4. The fourth-order valence-corrected chi connectivity index (χ4v) is 4.54. The molecule has 0 aliphatic heterocycles. The van der Waals surface area contributed by atoms with E-state index in [1.54, 1.807) is 67.5 Å². The van der Waals surface area contributed by atoms with E-state index in [4.69, 9.17) is 56.8 Å². The van der Waals surface area contributed by atoms with Gasteiger partial charge in [0, 0.05) is 13.2 Å². The van der Waals surface area contributed by atoms with Crippen LogP contribution in [0.4, 0.5) is 0 Å². The number of benzene rings is 1. The molecule has 0 heterocycles. The number of ether oxygens (including phenoxy) is 12. The third-order valence-corrected chi connectivity index (χ3v) is 6.68. The van der Waals surface area contributed by atoms with E-state index in [2.05, 4.69) is 13.8 Å². The summed E-state index contributed by atoms with van der Waals surface area (Å²) in [5.41, 5.74) is -0.0280. The largest absolute Gasteiger partial charge is 0.432 e. The van der Waals surface area contributed by atoms with E-state index >= 15 is 0 Å². The van der Waals surface area contributed by atoms with Crippen molar-refractivity contribution in [2.75, 3.05) is 13.2 Å². The van der Waals surface area contributed by atoms with Crippen LogP contribution in [0.25, 0.3) is 0 Å². The zero-order chi connectivity index (χ0) is 37.6. The maximum atomic E-state index is 13.0. The van der Waals surface area contributed by atoms with Crippen LogP contribution in [0.2, 0.25) is 0 Å². The second-order valence-electron chi connectivity index (χ2n) is 11.6. The summed E-state index contributed by atoms with van der Waals surface area (Å²) >= 11 is 0. The lowest BCUT2D eigenvalue weighted by Crippen LogP contribution is -2.32. The van der Waals surface area contributed by atoms with Crippen molar-refractivity contribution in [1.29, 1.82) is 0 Å². The second-order valence-corrected chi connectivity index (χ2v) is 11.6. The molecule has 0 spiro atoms. The molecule has 50 heavy (non-hydrogen) atoms. The zero-order valence-electron chi connectivity index (χ0n) is 32.0. The molecule has 14 nitrogen and oxygen atoms in total. The molecule has 14 heteroatoms. The van der Waals surface area contributed by atoms with Crippen molar-refractivity contribution in [2.24, 2.45) is 0 Å². The highest BCUT2D eigenvalue weighted by Crippen LogP contribution is 2.17. The molecule has 1 aromatic rings. The first-order chi connectivity index (χ1) is 23.6. The number of hydrogen-bond donors (Lipinski definition) is 0. The van der Waals surface area contributed by atoms with Crippen LogP contribution in [-0.2, 0) is 56.8 Å². The number of hydrogen-bond acceptors (Lipinski definition) is 14. The molecule has 0 fully saturated rings. The standard InChI is InChI=1S/C36H62O14/c1-13-15-21-39-23(3)41-25(5)43-27(7)45-29(9)47-31(11)49-35(37)33-19-17-18-20-34(33)36(38)50-32(12)48-30(10)46-28(8)44-26(6)42-24(4)40-22-16-14-2/h17-20,23-32H,13-16,21-22H2,1-12H3. The van der Waals surface area contributed by atoms with Crippen molar-refractivity contribution in [1.82, 2.24) is 0 Å². The van der Waals surface area contributed by atoms with Crippen molar-refractivity contribution < 1.29 is 66.4 Å². The zero-order valence-corrected chi connectivity index (χ0v) is 32.0. The van der Waals surface area contributed by atoms with Gasteiger partial charge in [-0.05, 0) is 94.2 Å². The summed E-state index contributed by atoms with van der Waals surface area (Å²) in [7, 11) is 0. The maximum absolute atomic E-state index is 13.0. The van der Waals surface area contributed by atoms with Gasteiger partial charge in [0.25, 0.3) is 0 Å². The lowest BCUT2D eigenvalue weighted by atomic mass is 10.1. The van der Waals surface area contributed by atoms with Crippen LogP contribution in [0.5, 0.6) is 0 Å². The van der Waals surface area contributed by atoms with E-state index in [1.165, 1.54) is 26.0 Å². The van der Waals surface area contributed by atoms with Crippen LogP contribution in [0, 0.1) is 0 Å². The van der Waals surface area contributed by atoms with Gasteiger partial charge in [0.2, 0.25) is 12.6 Å². The Kier molecular flexibility index (Phi) is 23.5. The SMILES string of the molecule is CCCCOC(C)OC(C)OC(C)OC(C)OC(C)OC(=O)c1ccccc1C(=O)OC(C)OC(C)OC(C)OC(C)OC(C)OCCCC. The molecular formula is C36H62O14. The topological polar surface area (TPSA) is 145 Å². The summed E-state index contributed by atoms with van der Waals surface area (Å²) in [4.78, 5) is 26.1. The smallest absolute Gasteiger partial charge is 0.341 e. The molecule has 0 aliphatic rings. The van der Waals surface area contributed by atoms with Crippen molar-refractivity contribution in [3.63, 3.8) is 0 Å². The molecule has 0 radical (unpaired) electrons. The minimum Gasteiger partial charge on any atom is -0.432 e. The van der Waals surface area contributed by atoms with Crippen molar-refractivity contribution >= 4 is 11.9 Å². The van der Waals surface area contributed by atoms with Crippen LogP contribution in [0.15, 0.2) is 24.3 Å². The van der Waals surface area contributed by atoms with E-state index in [1.807, 2.05) is 0 Å². The van der Waals surface area contributed by atoms with Crippen LogP contribution in [-0.4, -0.2) is 88.1 Å². The average molecular weight is 719 g/mol. The van der Waals surface area contributed by atoms with Gasteiger partial charge < -0.3 is 56.8 Å². The molecule has 290 valence electrons. The average Bonchev–Trinajstić information content (AvgIpc) is 3.00. The third-order valence-electron chi connectivity index (χ3n) is 6.68. The highest BCUT2D eigenvalue weighted by molar-refractivity contribution is 6.03. The van der Waals surface area contributed by atoms with Gasteiger partial charge in [0.1, 0.15) is 0 Å². The summed E-state index contributed by atoms with van der Waals surface area (Å²) in [6.45, 7) is 22.2. The van der Waals surface area contributed by atoms with Gasteiger partial charge in [-0.25, -0.2) is 9.59 Å². The summed E-state index contributed by atoms with van der Waals surface area (Å²) in [6, 6.07) is 6.10. The van der Waals surface area contributed by atoms with Gasteiger partial charge in [-0.3, -0.25) is 0 Å². The van der Waals surface area contributed by atoms with Gasteiger partial charge in [0.15, 0.2) is 50.3 Å². The number of unbranched alkanes of at least 4 members (excludes halogenated alkanes) is 2. The molecule has 1 aromatic carbocycles. The van der Waals surface area contributed by atoms with Crippen molar-refractivity contribution in [3.05, 3.63) is 35.4 Å². The summed E-state index contributed by atoms with van der Waals surface area (Å²) in [5, 5.41) is 0. The fourth-order valence-electron chi connectivity index (χ4n) is 4.54. The monoisotopic (exact) mass is 718 g/mol. The van der Waals surface area contributed by atoms with Crippen LogP contribution in [0.1, 0.15) is 129 Å². The van der Waals surface area contributed by atoms with E-state index in [0.717, 1.165) is 25.7 Å². The quantitative estimate of drug-likeness (QED) is 0.0488. The molecule has 0 bridgehead atoms. The highest BCUT2D eigenvalue weighted by Gasteiger charge is 2.25. The number of carbonyl (C=O) groups excluding carboxylic acids is 2.